The number of carbonyl (C=O) groups is 2. The summed E-state index contributed by atoms with van der Waals surface area (Å²) in [5.41, 5.74) is 11.5. The molecule has 12 nitrogen and oxygen atoms in total. The molecule has 1 aliphatic rings. The summed E-state index contributed by atoms with van der Waals surface area (Å²) in [5, 5.41) is 21.7. The first-order valence-electron chi connectivity index (χ1n) is 16.4. The van der Waals surface area contributed by atoms with Gasteiger partial charge in [-0.05, 0) is 50.6 Å². The van der Waals surface area contributed by atoms with Crippen LogP contribution in [-0.4, -0.2) is 109 Å². The first-order valence-corrected chi connectivity index (χ1v) is 16.4. The van der Waals surface area contributed by atoms with Gasteiger partial charge in [0.15, 0.2) is 11.9 Å². The van der Waals surface area contributed by atoms with Gasteiger partial charge in [-0.3, -0.25) is 20.6 Å². The Hall–Kier alpha value is -2.02. The van der Waals surface area contributed by atoms with E-state index in [-0.39, 0.29) is 48.8 Å². The number of halogens is 2. The van der Waals surface area contributed by atoms with Crippen LogP contribution in [0.4, 0.5) is 9.59 Å². The van der Waals surface area contributed by atoms with Gasteiger partial charge in [0.05, 0.1) is 0 Å². The Labute approximate surface area is 279 Å². The number of rotatable bonds is 20. The predicted octanol–water partition coefficient (Wildman–Crippen LogP) is 4.47. The maximum atomic E-state index is 12.7. The Morgan fingerprint density at radius 2 is 1.02 bits per heavy atom. The number of nitrogens with two attached hydrogens (primary N) is 2. The van der Waals surface area contributed by atoms with Crippen LogP contribution in [0.25, 0.3) is 0 Å². The Balaban J connectivity index is 0. The van der Waals surface area contributed by atoms with E-state index >= 15 is 0 Å². The monoisotopic (exact) mass is 666 g/mol. The van der Waals surface area contributed by atoms with E-state index in [0.29, 0.717) is 38.0 Å². The molecule has 1 heterocycles. The molecule has 14 heteroatoms. The fraction of sp³-hybridized carbons (Fsp3) is 0.867. The van der Waals surface area contributed by atoms with Gasteiger partial charge in [-0.25, -0.2) is 9.59 Å². The molecular weight excluding hydrogens is 603 g/mol. The van der Waals surface area contributed by atoms with Crippen molar-refractivity contribution in [2.24, 2.45) is 23.3 Å². The Morgan fingerprint density at radius 3 is 1.30 bits per heavy atom. The minimum Gasteiger partial charge on any atom is -0.370 e. The molecule has 0 radical (unpaired) electrons. The van der Waals surface area contributed by atoms with Crippen molar-refractivity contribution in [2.45, 2.75) is 91.9 Å². The van der Waals surface area contributed by atoms with Gasteiger partial charge in [0.25, 0.3) is 0 Å². The zero-order chi connectivity index (χ0) is 31.3. The summed E-state index contributed by atoms with van der Waals surface area (Å²) in [6.45, 7) is 16.1. The van der Waals surface area contributed by atoms with Crippen molar-refractivity contribution in [1.29, 1.82) is 10.8 Å². The van der Waals surface area contributed by atoms with Gasteiger partial charge in [-0.2, -0.15) is 0 Å². The summed E-state index contributed by atoms with van der Waals surface area (Å²) in [6, 6.07) is -0.561. The highest BCUT2D eigenvalue weighted by atomic mass is 35.5. The number of nitrogens with zero attached hydrogens (tertiary/aromatic N) is 4. The van der Waals surface area contributed by atoms with Crippen LogP contribution in [0.1, 0.15) is 91.9 Å². The highest BCUT2D eigenvalue weighted by Crippen LogP contribution is 2.13. The number of piperazine rings is 1. The molecule has 2 atom stereocenters. The van der Waals surface area contributed by atoms with Crippen molar-refractivity contribution in [3.63, 3.8) is 0 Å². The Morgan fingerprint density at radius 1 is 0.682 bits per heavy atom. The summed E-state index contributed by atoms with van der Waals surface area (Å²) in [4.78, 5) is 32.8. The molecule has 0 aromatic carbocycles. The maximum absolute atomic E-state index is 12.7. The van der Waals surface area contributed by atoms with Crippen LogP contribution in [0.5, 0.6) is 0 Å². The van der Waals surface area contributed by atoms with Crippen LogP contribution >= 0.6 is 24.8 Å². The first-order chi connectivity index (χ1) is 20.2. The van der Waals surface area contributed by atoms with Crippen LogP contribution in [0.3, 0.4) is 0 Å². The molecule has 0 bridgehead atoms. The molecule has 2 unspecified atom stereocenters. The number of guanidine groups is 2. The average Bonchev–Trinajstić information content (AvgIpc) is 2.97. The topological polar surface area (TPSA) is 171 Å². The van der Waals surface area contributed by atoms with Crippen LogP contribution in [-0.2, 0) is 0 Å². The van der Waals surface area contributed by atoms with Crippen LogP contribution in [0, 0.1) is 22.7 Å². The lowest BCUT2D eigenvalue weighted by Gasteiger charge is -2.35. The van der Waals surface area contributed by atoms with Gasteiger partial charge >= 0.3 is 12.1 Å². The lowest BCUT2D eigenvalue weighted by Crippen LogP contribution is -2.51. The van der Waals surface area contributed by atoms with E-state index in [4.69, 9.17) is 22.3 Å². The molecule has 8 N–H and O–H groups in total. The molecule has 0 spiro atoms. The van der Waals surface area contributed by atoms with Crippen molar-refractivity contribution < 1.29 is 9.59 Å². The van der Waals surface area contributed by atoms with Crippen molar-refractivity contribution >= 4 is 48.8 Å². The van der Waals surface area contributed by atoms with Crippen molar-refractivity contribution in [3.05, 3.63) is 0 Å². The zero-order valence-electron chi connectivity index (χ0n) is 27.9. The van der Waals surface area contributed by atoms with Crippen LogP contribution < -0.4 is 22.1 Å². The quantitative estimate of drug-likeness (QED) is 0.0827. The summed E-state index contributed by atoms with van der Waals surface area (Å²) in [7, 11) is 0. The molecule has 0 aromatic heterocycles. The van der Waals surface area contributed by atoms with E-state index in [1.165, 1.54) is 9.80 Å². The lowest BCUT2D eigenvalue weighted by molar-refractivity contribution is 0.127. The van der Waals surface area contributed by atoms with E-state index < -0.39 is 0 Å². The van der Waals surface area contributed by atoms with Gasteiger partial charge in [-0.15, -0.1) is 24.8 Å². The number of urea groups is 2. The van der Waals surface area contributed by atoms with Crippen LogP contribution in [0.2, 0.25) is 0 Å². The molecule has 0 saturated carbocycles. The number of amides is 4. The largest absolute Gasteiger partial charge is 0.370 e. The van der Waals surface area contributed by atoms with Crippen molar-refractivity contribution in [2.75, 3.05) is 65.4 Å². The molecule has 1 fully saturated rings. The van der Waals surface area contributed by atoms with E-state index in [1.54, 1.807) is 0 Å². The lowest BCUT2D eigenvalue weighted by atomic mass is 9.99. The number of unbranched alkanes of at least 4 members (excludes halogenated alkanes) is 2. The number of hydrogen-bond acceptors (Lipinski definition) is 6. The minimum atomic E-state index is -0.280. The van der Waals surface area contributed by atoms with Gasteiger partial charge in [-0.1, -0.05) is 66.2 Å². The minimum absolute atomic E-state index is 0. The standard InChI is InChI=1S/C30H62N10O2.2ClH/c1-5-9-13-25(7-3)23-35-29(41)39(27(31)32)17-11-15-37-19-21-38(22-20-37)16-12-18-40(28(33)34)30(42)36-24-26(8-4)14-10-6-2;;/h25-26H,5-24H2,1-4H3,(H3,31,32)(H3,33,34)(H,35,41)(H,36,42);2*1H. The molecule has 260 valence electrons. The second-order valence-electron chi connectivity index (χ2n) is 11.7. The molecule has 4 amide bonds. The molecular formula is C30H64Cl2N10O2. The van der Waals surface area contributed by atoms with E-state index in [0.717, 1.165) is 103 Å². The van der Waals surface area contributed by atoms with Gasteiger partial charge in [0.1, 0.15) is 0 Å². The van der Waals surface area contributed by atoms with Gasteiger partial charge in [0.2, 0.25) is 0 Å². The first kappa shape index (κ1) is 44.1. The summed E-state index contributed by atoms with van der Waals surface area (Å²) >= 11 is 0. The second kappa shape index (κ2) is 26.2. The van der Waals surface area contributed by atoms with Crippen molar-refractivity contribution in [1.82, 2.24) is 30.2 Å². The molecule has 0 aliphatic carbocycles. The van der Waals surface area contributed by atoms with E-state index in [1.807, 2.05) is 0 Å². The van der Waals surface area contributed by atoms with Crippen molar-refractivity contribution in [3.8, 4) is 0 Å². The summed E-state index contributed by atoms with van der Waals surface area (Å²) in [5.74, 6) is 0.480. The smallest absolute Gasteiger partial charge is 0.324 e. The normalized spacial score (nSPS) is 14.8. The number of carbonyl (C=O) groups excluding carboxylic acids is 2. The predicted molar refractivity (Wildman–Crippen MR) is 187 cm³/mol. The molecule has 0 aromatic rings. The zero-order valence-corrected chi connectivity index (χ0v) is 29.5. The molecule has 1 aliphatic heterocycles. The summed E-state index contributed by atoms with van der Waals surface area (Å²) in [6.07, 6.45) is 10.4. The van der Waals surface area contributed by atoms with E-state index in [9.17, 15) is 9.59 Å². The summed E-state index contributed by atoms with van der Waals surface area (Å²) < 4.78 is 0. The highest BCUT2D eigenvalue weighted by molar-refractivity contribution is 5.94. The number of hydrogen-bond donors (Lipinski definition) is 6. The molecule has 44 heavy (non-hydrogen) atoms. The molecule has 1 rings (SSSR count). The fourth-order valence-electron chi connectivity index (χ4n) is 5.34. The highest BCUT2D eigenvalue weighted by Gasteiger charge is 2.21. The molecule has 1 saturated heterocycles. The fourth-order valence-corrected chi connectivity index (χ4v) is 5.34. The third-order valence-electron chi connectivity index (χ3n) is 8.42. The third-order valence-corrected chi connectivity index (χ3v) is 8.42. The van der Waals surface area contributed by atoms with Gasteiger partial charge < -0.3 is 31.9 Å². The maximum Gasteiger partial charge on any atom is 0.324 e. The Bertz CT molecular complexity index is 736. The Kier molecular flexibility index (Phi) is 26.3. The van der Waals surface area contributed by atoms with Crippen LogP contribution in [0.15, 0.2) is 0 Å². The third kappa shape index (κ3) is 18.1. The van der Waals surface area contributed by atoms with Gasteiger partial charge in [0, 0.05) is 52.4 Å². The second-order valence-corrected chi connectivity index (χ2v) is 11.7. The SMILES string of the molecule is CCCCC(CC)CNC(=O)N(CCCN1CCN(CCCN(C(=N)N)C(=O)NCC(CC)CCCC)CC1)C(=N)N.Cl.Cl. The number of nitrogens with one attached hydrogen (secondary N) is 4. The van der Waals surface area contributed by atoms with E-state index in [2.05, 4.69) is 48.1 Å². The average molecular weight is 668 g/mol.